The standard InChI is InChI=1S/C14H23Cl/c1-14(9-15,13-4-5-13)8-12-7-10-2-3-11(12)6-10/h10-13H,2-9H2,1H3. The molecule has 3 aliphatic carbocycles. The lowest BCUT2D eigenvalue weighted by molar-refractivity contribution is 0.186. The maximum Gasteiger partial charge on any atom is 0.0280 e. The van der Waals surface area contributed by atoms with Crippen LogP contribution >= 0.6 is 11.6 Å². The topological polar surface area (TPSA) is 0 Å². The normalized spacial score (nSPS) is 43.2. The van der Waals surface area contributed by atoms with E-state index in [1.54, 1.807) is 6.42 Å². The maximum absolute atomic E-state index is 6.22. The third-order valence-corrected chi connectivity index (χ3v) is 6.09. The van der Waals surface area contributed by atoms with E-state index in [4.69, 9.17) is 11.6 Å². The highest BCUT2D eigenvalue weighted by atomic mass is 35.5. The van der Waals surface area contributed by atoms with Crippen molar-refractivity contribution in [3.8, 4) is 0 Å². The van der Waals surface area contributed by atoms with Crippen molar-refractivity contribution in [3.63, 3.8) is 0 Å². The van der Waals surface area contributed by atoms with Crippen LogP contribution in [0.3, 0.4) is 0 Å². The molecule has 0 N–H and O–H groups in total. The molecule has 0 aromatic rings. The van der Waals surface area contributed by atoms with Crippen LogP contribution < -0.4 is 0 Å². The first-order chi connectivity index (χ1) is 7.21. The summed E-state index contributed by atoms with van der Waals surface area (Å²) in [4.78, 5) is 0. The van der Waals surface area contributed by atoms with E-state index < -0.39 is 0 Å². The van der Waals surface area contributed by atoms with Crippen LogP contribution in [-0.2, 0) is 0 Å². The lowest BCUT2D eigenvalue weighted by atomic mass is 9.73. The zero-order valence-electron chi connectivity index (χ0n) is 9.84. The molecule has 0 amide bonds. The van der Waals surface area contributed by atoms with Gasteiger partial charge in [0.1, 0.15) is 0 Å². The second-order valence-electron chi connectivity index (χ2n) is 6.70. The first-order valence-electron chi connectivity index (χ1n) is 6.77. The molecule has 0 nitrogen and oxygen atoms in total. The zero-order chi connectivity index (χ0) is 10.5. The molecule has 0 aromatic heterocycles. The summed E-state index contributed by atoms with van der Waals surface area (Å²) in [6, 6.07) is 0. The van der Waals surface area contributed by atoms with Crippen LogP contribution in [0.5, 0.6) is 0 Å². The van der Waals surface area contributed by atoms with Crippen LogP contribution in [0.25, 0.3) is 0 Å². The van der Waals surface area contributed by atoms with Crippen molar-refractivity contribution in [2.45, 2.75) is 51.9 Å². The third kappa shape index (κ3) is 1.84. The summed E-state index contributed by atoms with van der Waals surface area (Å²) in [6.45, 7) is 2.45. The Labute approximate surface area is 98.8 Å². The van der Waals surface area contributed by atoms with E-state index in [0.29, 0.717) is 5.41 Å². The van der Waals surface area contributed by atoms with Crippen LogP contribution in [0.4, 0.5) is 0 Å². The van der Waals surface area contributed by atoms with Crippen molar-refractivity contribution in [1.29, 1.82) is 0 Å². The molecule has 0 radical (unpaired) electrons. The van der Waals surface area contributed by atoms with Crippen molar-refractivity contribution in [2.24, 2.45) is 29.1 Å². The fraction of sp³-hybridized carbons (Fsp3) is 1.00. The molecule has 0 heterocycles. The molecule has 0 aliphatic heterocycles. The van der Waals surface area contributed by atoms with Gasteiger partial charge in [-0.15, -0.1) is 11.6 Å². The maximum atomic E-state index is 6.22. The Kier molecular flexibility index (Phi) is 2.54. The number of rotatable bonds is 4. The summed E-state index contributed by atoms with van der Waals surface area (Å²) >= 11 is 6.22. The van der Waals surface area contributed by atoms with Crippen molar-refractivity contribution in [3.05, 3.63) is 0 Å². The molecule has 3 aliphatic rings. The molecule has 1 heteroatoms. The van der Waals surface area contributed by atoms with Gasteiger partial charge in [-0.25, -0.2) is 0 Å². The molecule has 3 rings (SSSR count). The van der Waals surface area contributed by atoms with E-state index >= 15 is 0 Å². The van der Waals surface area contributed by atoms with Gasteiger partial charge in [-0.05, 0) is 67.6 Å². The molecule has 4 unspecified atom stereocenters. The van der Waals surface area contributed by atoms with E-state index in [1.165, 1.54) is 38.5 Å². The van der Waals surface area contributed by atoms with E-state index in [-0.39, 0.29) is 0 Å². The van der Waals surface area contributed by atoms with Gasteiger partial charge >= 0.3 is 0 Å². The Bertz CT molecular complexity index is 246. The van der Waals surface area contributed by atoms with E-state index in [0.717, 1.165) is 29.6 Å². The Morgan fingerprint density at radius 3 is 2.40 bits per heavy atom. The van der Waals surface area contributed by atoms with Crippen molar-refractivity contribution in [1.82, 2.24) is 0 Å². The van der Waals surface area contributed by atoms with Crippen LogP contribution in [0.1, 0.15) is 51.9 Å². The number of fused-ring (bicyclic) bond motifs is 2. The van der Waals surface area contributed by atoms with Crippen LogP contribution in [0.2, 0.25) is 0 Å². The predicted octanol–water partition coefficient (Wildman–Crippen LogP) is 4.47. The van der Waals surface area contributed by atoms with Gasteiger partial charge in [0.15, 0.2) is 0 Å². The second kappa shape index (κ2) is 3.65. The number of hydrogen-bond acceptors (Lipinski definition) is 0. The molecule has 4 atom stereocenters. The monoisotopic (exact) mass is 226 g/mol. The molecular formula is C14H23Cl. The van der Waals surface area contributed by atoms with Gasteiger partial charge in [0.2, 0.25) is 0 Å². The number of alkyl halides is 1. The van der Waals surface area contributed by atoms with Crippen molar-refractivity contribution < 1.29 is 0 Å². The van der Waals surface area contributed by atoms with Gasteiger partial charge in [0.25, 0.3) is 0 Å². The Balaban J connectivity index is 1.64. The van der Waals surface area contributed by atoms with Gasteiger partial charge in [-0.3, -0.25) is 0 Å². The molecule has 2 bridgehead atoms. The average molecular weight is 227 g/mol. The fourth-order valence-electron chi connectivity index (χ4n) is 4.34. The average Bonchev–Trinajstić information content (AvgIpc) is 2.92. The lowest BCUT2D eigenvalue weighted by Gasteiger charge is -2.34. The molecule has 0 spiro atoms. The van der Waals surface area contributed by atoms with Crippen molar-refractivity contribution in [2.75, 3.05) is 5.88 Å². The minimum atomic E-state index is 0.483. The minimum Gasteiger partial charge on any atom is -0.126 e. The second-order valence-corrected chi connectivity index (χ2v) is 6.97. The van der Waals surface area contributed by atoms with Gasteiger partial charge < -0.3 is 0 Å². The van der Waals surface area contributed by atoms with E-state index in [1.807, 2.05) is 0 Å². The summed E-state index contributed by atoms with van der Waals surface area (Å²) in [5.41, 5.74) is 0.483. The Morgan fingerprint density at radius 2 is 1.93 bits per heavy atom. The molecular weight excluding hydrogens is 204 g/mol. The summed E-state index contributed by atoms with van der Waals surface area (Å²) in [6.07, 6.45) is 10.5. The third-order valence-electron chi connectivity index (χ3n) is 5.48. The van der Waals surface area contributed by atoms with Crippen molar-refractivity contribution >= 4 is 11.6 Å². The lowest BCUT2D eigenvalue weighted by Crippen LogP contribution is -2.27. The number of hydrogen-bond donors (Lipinski definition) is 0. The van der Waals surface area contributed by atoms with Gasteiger partial charge in [0, 0.05) is 5.88 Å². The molecule has 0 aromatic carbocycles. The number of halogens is 1. The molecule has 0 saturated heterocycles. The molecule has 3 fully saturated rings. The highest BCUT2D eigenvalue weighted by Crippen LogP contribution is 2.56. The highest BCUT2D eigenvalue weighted by Gasteiger charge is 2.47. The van der Waals surface area contributed by atoms with Gasteiger partial charge in [-0.2, -0.15) is 0 Å². The van der Waals surface area contributed by atoms with Crippen LogP contribution in [-0.4, -0.2) is 5.88 Å². The Morgan fingerprint density at radius 1 is 1.13 bits per heavy atom. The molecule has 86 valence electrons. The summed E-state index contributed by atoms with van der Waals surface area (Å²) in [5.74, 6) is 5.07. The largest absolute Gasteiger partial charge is 0.126 e. The molecule has 15 heavy (non-hydrogen) atoms. The van der Waals surface area contributed by atoms with E-state index in [2.05, 4.69) is 6.92 Å². The fourth-order valence-corrected chi connectivity index (χ4v) is 4.66. The first-order valence-corrected chi connectivity index (χ1v) is 7.31. The highest BCUT2D eigenvalue weighted by molar-refractivity contribution is 6.18. The van der Waals surface area contributed by atoms with Crippen LogP contribution in [0, 0.1) is 29.1 Å². The van der Waals surface area contributed by atoms with Gasteiger partial charge in [0.05, 0.1) is 0 Å². The Hall–Kier alpha value is 0.290. The van der Waals surface area contributed by atoms with Gasteiger partial charge in [-0.1, -0.05) is 13.3 Å². The minimum absolute atomic E-state index is 0.483. The summed E-state index contributed by atoms with van der Waals surface area (Å²) in [7, 11) is 0. The quantitative estimate of drug-likeness (QED) is 0.621. The zero-order valence-corrected chi connectivity index (χ0v) is 10.6. The summed E-state index contributed by atoms with van der Waals surface area (Å²) < 4.78 is 0. The first kappa shape index (κ1) is 10.4. The van der Waals surface area contributed by atoms with E-state index in [9.17, 15) is 0 Å². The SMILES string of the molecule is CC(CCl)(CC1CC2CCC1C2)C1CC1. The molecule has 3 saturated carbocycles. The van der Waals surface area contributed by atoms with Crippen LogP contribution in [0.15, 0.2) is 0 Å². The smallest absolute Gasteiger partial charge is 0.0280 e. The predicted molar refractivity (Wildman–Crippen MR) is 65.1 cm³/mol. The summed E-state index contributed by atoms with van der Waals surface area (Å²) in [5, 5.41) is 0.